The molecule has 5 nitrogen and oxygen atoms in total. The van der Waals surface area contributed by atoms with Crippen LogP contribution < -0.4 is 14.8 Å². The first-order valence-corrected chi connectivity index (χ1v) is 8.92. The summed E-state index contributed by atoms with van der Waals surface area (Å²) >= 11 is 0. The van der Waals surface area contributed by atoms with Crippen LogP contribution in [0.4, 0.5) is 5.69 Å². The third-order valence-corrected chi connectivity index (χ3v) is 4.95. The van der Waals surface area contributed by atoms with Crippen LogP contribution in [0.5, 0.6) is 11.5 Å². The standard InChI is InChI=1S/C21H26N2O3/c1-23(19-10-6-8-15-7-4-5-9-17(15)19)14-21(24)22-18-12-11-16(25-2)13-20(18)26-3/h4-5,7,9,11-13,19H,6,8,10,14H2,1-3H3,(H,22,24). The number of benzene rings is 2. The maximum Gasteiger partial charge on any atom is 0.238 e. The summed E-state index contributed by atoms with van der Waals surface area (Å²) in [7, 11) is 5.19. The van der Waals surface area contributed by atoms with E-state index in [0.29, 0.717) is 23.7 Å². The fraction of sp³-hybridized carbons (Fsp3) is 0.381. The number of nitrogens with one attached hydrogen (secondary N) is 1. The SMILES string of the molecule is COc1ccc(NC(=O)CN(C)C2CCCc3ccccc32)c(OC)c1. The zero-order valence-corrected chi connectivity index (χ0v) is 15.6. The fourth-order valence-electron chi connectivity index (χ4n) is 3.61. The van der Waals surface area contributed by atoms with Gasteiger partial charge in [-0.1, -0.05) is 24.3 Å². The van der Waals surface area contributed by atoms with Gasteiger partial charge in [0.2, 0.25) is 5.91 Å². The highest BCUT2D eigenvalue weighted by atomic mass is 16.5. The second kappa shape index (κ2) is 8.23. The van der Waals surface area contributed by atoms with Crippen LogP contribution in [0.15, 0.2) is 42.5 Å². The van der Waals surface area contributed by atoms with Crippen LogP contribution in [0.25, 0.3) is 0 Å². The van der Waals surface area contributed by atoms with Crippen molar-refractivity contribution in [1.82, 2.24) is 4.90 Å². The summed E-state index contributed by atoms with van der Waals surface area (Å²) in [6.45, 7) is 0.328. The van der Waals surface area contributed by atoms with Crippen molar-refractivity contribution in [2.24, 2.45) is 0 Å². The van der Waals surface area contributed by atoms with Gasteiger partial charge in [-0.2, -0.15) is 0 Å². The minimum Gasteiger partial charge on any atom is -0.497 e. The first-order chi connectivity index (χ1) is 12.6. The molecular formula is C21H26N2O3. The number of amides is 1. The third kappa shape index (κ3) is 3.99. The average molecular weight is 354 g/mol. The molecular weight excluding hydrogens is 328 g/mol. The molecule has 0 radical (unpaired) electrons. The second-order valence-electron chi connectivity index (χ2n) is 6.64. The highest BCUT2D eigenvalue weighted by Gasteiger charge is 2.24. The number of rotatable bonds is 6. The quantitative estimate of drug-likeness (QED) is 0.860. The van der Waals surface area contributed by atoms with E-state index in [-0.39, 0.29) is 11.9 Å². The van der Waals surface area contributed by atoms with Gasteiger partial charge in [-0.15, -0.1) is 0 Å². The van der Waals surface area contributed by atoms with Crippen molar-refractivity contribution in [3.8, 4) is 11.5 Å². The van der Waals surface area contributed by atoms with Crippen molar-refractivity contribution in [3.63, 3.8) is 0 Å². The van der Waals surface area contributed by atoms with Crippen LogP contribution in [-0.2, 0) is 11.2 Å². The largest absolute Gasteiger partial charge is 0.497 e. The summed E-state index contributed by atoms with van der Waals surface area (Å²) < 4.78 is 10.5. The Morgan fingerprint density at radius 3 is 2.77 bits per heavy atom. The lowest BCUT2D eigenvalue weighted by atomic mass is 9.87. The van der Waals surface area contributed by atoms with Crippen molar-refractivity contribution in [1.29, 1.82) is 0 Å². The molecule has 138 valence electrons. The second-order valence-corrected chi connectivity index (χ2v) is 6.64. The number of ether oxygens (including phenoxy) is 2. The molecule has 5 heteroatoms. The van der Waals surface area contributed by atoms with E-state index in [9.17, 15) is 4.79 Å². The number of hydrogen-bond donors (Lipinski definition) is 1. The minimum atomic E-state index is -0.0565. The number of likely N-dealkylation sites (N-methyl/N-ethyl adjacent to an activating group) is 1. The monoisotopic (exact) mass is 354 g/mol. The van der Waals surface area contributed by atoms with Crippen molar-refractivity contribution in [2.75, 3.05) is 33.1 Å². The molecule has 1 amide bonds. The number of aryl methyl sites for hydroxylation is 1. The van der Waals surface area contributed by atoms with Crippen molar-refractivity contribution < 1.29 is 14.3 Å². The van der Waals surface area contributed by atoms with Crippen LogP contribution in [0.2, 0.25) is 0 Å². The lowest BCUT2D eigenvalue weighted by Crippen LogP contribution is -2.35. The van der Waals surface area contributed by atoms with E-state index in [4.69, 9.17) is 9.47 Å². The molecule has 1 N–H and O–H groups in total. The van der Waals surface area contributed by atoms with E-state index in [0.717, 1.165) is 19.3 Å². The first-order valence-electron chi connectivity index (χ1n) is 8.92. The predicted molar refractivity (Wildman–Crippen MR) is 103 cm³/mol. The number of hydrogen-bond acceptors (Lipinski definition) is 4. The lowest BCUT2D eigenvalue weighted by Gasteiger charge is -2.32. The Morgan fingerprint density at radius 1 is 1.19 bits per heavy atom. The molecule has 26 heavy (non-hydrogen) atoms. The van der Waals surface area contributed by atoms with Gasteiger partial charge in [0.15, 0.2) is 0 Å². The number of carbonyl (C=O) groups excluding carboxylic acids is 1. The molecule has 1 aliphatic rings. The maximum absolute atomic E-state index is 12.6. The average Bonchev–Trinajstić information content (AvgIpc) is 2.67. The zero-order chi connectivity index (χ0) is 18.5. The predicted octanol–water partition coefficient (Wildman–Crippen LogP) is 3.65. The molecule has 0 aromatic heterocycles. The molecule has 2 aromatic rings. The molecule has 1 unspecified atom stereocenters. The number of anilines is 1. The van der Waals surface area contributed by atoms with Gasteiger partial charge < -0.3 is 14.8 Å². The summed E-state index contributed by atoms with van der Waals surface area (Å²) in [6.07, 6.45) is 3.35. The van der Waals surface area contributed by atoms with Crippen molar-refractivity contribution >= 4 is 11.6 Å². The Labute approximate surface area is 154 Å². The van der Waals surface area contributed by atoms with E-state index in [1.54, 1.807) is 32.4 Å². The number of nitrogens with zero attached hydrogens (tertiary/aromatic N) is 1. The Kier molecular flexibility index (Phi) is 5.78. The summed E-state index contributed by atoms with van der Waals surface area (Å²) in [5, 5.41) is 2.95. The van der Waals surface area contributed by atoms with Gasteiger partial charge in [-0.3, -0.25) is 9.69 Å². The lowest BCUT2D eigenvalue weighted by molar-refractivity contribution is -0.117. The third-order valence-electron chi connectivity index (χ3n) is 4.95. The molecule has 0 heterocycles. The van der Waals surface area contributed by atoms with Gasteiger partial charge in [0, 0.05) is 12.1 Å². The Hall–Kier alpha value is -2.53. The smallest absolute Gasteiger partial charge is 0.238 e. The van der Waals surface area contributed by atoms with Crippen molar-refractivity contribution in [2.45, 2.75) is 25.3 Å². The topological polar surface area (TPSA) is 50.8 Å². The van der Waals surface area contributed by atoms with Crippen LogP contribution >= 0.6 is 0 Å². The highest BCUT2D eigenvalue weighted by Crippen LogP contribution is 2.33. The highest BCUT2D eigenvalue weighted by molar-refractivity contribution is 5.93. The minimum absolute atomic E-state index is 0.0565. The molecule has 0 fully saturated rings. The van der Waals surface area contributed by atoms with Crippen LogP contribution in [0.1, 0.15) is 30.0 Å². The van der Waals surface area contributed by atoms with E-state index in [2.05, 4.69) is 34.5 Å². The van der Waals surface area contributed by atoms with E-state index in [1.165, 1.54) is 11.1 Å². The molecule has 3 rings (SSSR count). The fourth-order valence-corrected chi connectivity index (χ4v) is 3.61. The summed E-state index contributed by atoms with van der Waals surface area (Å²) in [5.41, 5.74) is 3.39. The molecule has 0 aliphatic heterocycles. The van der Waals surface area contributed by atoms with Gasteiger partial charge in [-0.25, -0.2) is 0 Å². The Balaban J connectivity index is 1.67. The number of carbonyl (C=O) groups is 1. The molecule has 1 atom stereocenters. The zero-order valence-electron chi connectivity index (χ0n) is 15.6. The molecule has 0 saturated heterocycles. The summed E-state index contributed by atoms with van der Waals surface area (Å²) in [4.78, 5) is 14.7. The van der Waals surface area contributed by atoms with E-state index >= 15 is 0 Å². The summed E-state index contributed by atoms with van der Waals surface area (Å²) in [6, 6.07) is 14.2. The van der Waals surface area contributed by atoms with Crippen LogP contribution in [-0.4, -0.2) is 38.6 Å². The van der Waals surface area contributed by atoms with Gasteiger partial charge >= 0.3 is 0 Å². The van der Waals surface area contributed by atoms with Crippen molar-refractivity contribution in [3.05, 3.63) is 53.6 Å². The Morgan fingerprint density at radius 2 is 2.00 bits per heavy atom. The van der Waals surface area contributed by atoms with Gasteiger partial charge in [0.1, 0.15) is 11.5 Å². The molecule has 2 aromatic carbocycles. The molecule has 0 saturated carbocycles. The number of fused-ring (bicyclic) bond motifs is 1. The molecule has 1 aliphatic carbocycles. The van der Waals surface area contributed by atoms with Crippen LogP contribution in [0, 0.1) is 0 Å². The van der Waals surface area contributed by atoms with Gasteiger partial charge in [-0.05, 0) is 49.6 Å². The van der Waals surface area contributed by atoms with Gasteiger partial charge in [0.05, 0.1) is 26.5 Å². The first kappa shape index (κ1) is 18.3. The maximum atomic E-state index is 12.6. The number of methoxy groups -OCH3 is 2. The Bertz CT molecular complexity index is 776. The van der Waals surface area contributed by atoms with E-state index in [1.807, 2.05) is 7.05 Å². The molecule has 0 bridgehead atoms. The summed E-state index contributed by atoms with van der Waals surface area (Å²) in [5.74, 6) is 1.22. The van der Waals surface area contributed by atoms with Crippen LogP contribution in [0.3, 0.4) is 0 Å². The molecule has 0 spiro atoms. The van der Waals surface area contributed by atoms with E-state index < -0.39 is 0 Å². The van der Waals surface area contributed by atoms with Gasteiger partial charge in [0.25, 0.3) is 0 Å². The normalized spacial score (nSPS) is 16.1.